The second kappa shape index (κ2) is 4.25. The summed E-state index contributed by atoms with van der Waals surface area (Å²) in [5, 5.41) is 9.65. The lowest BCUT2D eigenvalue weighted by Crippen LogP contribution is -2.12. The zero-order chi connectivity index (χ0) is 12.5. The summed E-state index contributed by atoms with van der Waals surface area (Å²) in [5.41, 5.74) is 3.57. The lowest BCUT2D eigenvalue weighted by atomic mass is 9.82. The van der Waals surface area contributed by atoms with Crippen LogP contribution in [-0.2, 0) is 5.41 Å². The molecule has 0 saturated heterocycles. The van der Waals surface area contributed by atoms with E-state index in [2.05, 4.69) is 32.9 Å². The summed E-state index contributed by atoms with van der Waals surface area (Å²) in [6, 6.07) is 15.9. The number of phenols is 1. The highest BCUT2D eigenvalue weighted by Gasteiger charge is 2.19. The molecule has 0 unspecified atom stereocenters. The number of benzene rings is 2. The number of rotatable bonds is 1. The van der Waals surface area contributed by atoms with E-state index in [1.807, 2.05) is 30.3 Å². The molecular weight excluding hydrogens is 208 g/mol. The summed E-state index contributed by atoms with van der Waals surface area (Å²) < 4.78 is 0. The van der Waals surface area contributed by atoms with Crippen molar-refractivity contribution in [2.75, 3.05) is 0 Å². The molecule has 0 saturated carbocycles. The first-order valence-corrected chi connectivity index (χ1v) is 5.87. The van der Waals surface area contributed by atoms with Crippen molar-refractivity contribution in [2.45, 2.75) is 26.2 Å². The Labute approximate surface area is 103 Å². The Morgan fingerprint density at radius 2 is 1.53 bits per heavy atom. The highest BCUT2D eigenvalue weighted by Crippen LogP contribution is 2.35. The van der Waals surface area contributed by atoms with Crippen LogP contribution in [0.25, 0.3) is 11.1 Å². The van der Waals surface area contributed by atoms with Crippen molar-refractivity contribution in [1.82, 2.24) is 0 Å². The predicted octanol–water partition coefficient (Wildman–Crippen LogP) is 4.36. The first-order valence-electron chi connectivity index (χ1n) is 5.87. The van der Waals surface area contributed by atoms with Crippen molar-refractivity contribution in [3.8, 4) is 16.9 Å². The van der Waals surface area contributed by atoms with Crippen LogP contribution in [0.4, 0.5) is 0 Å². The lowest BCUT2D eigenvalue weighted by molar-refractivity contribution is 0.471. The molecular formula is C16H18O. The molecule has 0 amide bonds. The lowest BCUT2D eigenvalue weighted by Gasteiger charge is -2.23. The van der Waals surface area contributed by atoms with Gasteiger partial charge in [0.1, 0.15) is 5.75 Å². The van der Waals surface area contributed by atoms with Gasteiger partial charge in [-0.1, -0.05) is 57.2 Å². The molecule has 2 aromatic carbocycles. The molecule has 1 nitrogen and oxygen atoms in total. The van der Waals surface area contributed by atoms with E-state index in [0.717, 1.165) is 0 Å². The van der Waals surface area contributed by atoms with Gasteiger partial charge in [0.05, 0.1) is 0 Å². The van der Waals surface area contributed by atoms with Crippen molar-refractivity contribution in [3.05, 3.63) is 54.1 Å². The number of hydrogen-bond acceptors (Lipinski definition) is 1. The van der Waals surface area contributed by atoms with Crippen LogP contribution in [-0.4, -0.2) is 5.11 Å². The zero-order valence-electron chi connectivity index (χ0n) is 10.6. The second-order valence-electron chi connectivity index (χ2n) is 5.35. The maximum absolute atomic E-state index is 9.65. The molecule has 0 fully saturated rings. The van der Waals surface area contributed by atoms with Gasteiger partial charge in [0.2, 0.25) is 0 Å². The summed E-state index contributed by atoms with van der Waals surface area (Å²) in [5.74, 6) is 0.328. The van der Waals surface area contributed by atoms with Crippen LogP contribution in [0.1, 0.15) is 26.3 Å². The average molecular weight is 226 g/mol. The third-order valence-electron chi connectivity index (χ3n) is 2.90. The number of phenolic OH excluding ortho intramolecular Hbond substituents is 1. The molecule has 0 aliphatic carbocycles. The molecule has 0 radical (unpaired) electrons. The first kappa shape index (κ1) is 11.7. The third kappa shape index (κ3) is 2.50. The molecule has 1 N–H and O–H groups in total. The molecule has 17 heavy (non-hydrogen) atoms. The maximum atomic E-state index is 9.65. The SMILES string of the molecule is CC(C)(C)c1cc(O)ccc1-c1ccccc1. The zero-order valence-corrected chi connectivity index (χ0v) is 10.6. The molecule has 0 bridgehead atoms. The van der Waals surface area contributed by atoms with Gasteiger partial charge in [0.15, 0.2) is 0 Å². The molecule has 0 aliphatic rings. The Balaban J connectivity index is 2.63. The molecule has 0 heterocycles. The van der Waals surface area contributed by atoms with E-state index in [1.165, 1.54) is 16.7 Å². The van der Waals surface area contributed by atoms with Gasteiger partial charge in [0, 0.05) is 0 Å². The van der Waals surface area contributed by atoms with Crippen molar-refractivity contribution >= 4 is 0 Å². The second-order valence-corrected chi connectivity index (χ2v) is 5.35. The van der Waals surface area contributed by atoms with Gasteiger partial charge >= 0.3 is 0 Å². The average Bonchev–Trinajstić information content (AvgIpc) is 2.29. The first-order chi connectivity index (χ1) is 7.98. The maximum Gasteiger partial charge on any atom is 0.115 e. The van der Waals surface area contributed by atoms with Crippen LogP contribution in [0.3, 0.4) is 0 Å². The molecule has 2 aromatic rings. The van der Waals surface area contributed by atoms with Crippen molar-refractivity contribution in [3.63, 3.8) is 0 Å². The number of aromatic hydroxyl groups is 1. The third-order valence-corrected chi connectivity index (χ3v) is 2.90. The minimum absolute atomic E-state index is 0.0178. The predicted molar refractivity (Wildman–Crippen MR) is 72.2 cm³/mol. The van der Waals surface area contributed by atoms with Crippen molar-refractivity contribution in [2.24, 2.45) is 0 Å². The minimum atomic E-state index is 0.0178. The summed E-state index contributed by atoms with van der Waals surface area (Å²) in [6.07, 6.45) is 0. The van der Waals surface area contributed by atoms with Gasteiger partial charge in [0.25, 0.3) is 0 Å². The van der Waals surface area contributed by atoms with Gasteiger partial charge < -0.3 is 5.11 Å². The van der Waals surface area contributed by atoms with E-state index in [0.29, 0.717) is 5.75 Å². The molecule has 0 aliphatic heterocycles. The minimum Gasteiger partial charge on any atom is -0.508 e. The van der Waals surface area contributed by atoms with Crippen LogP contribution in [0.15, 0.2) is 48.5 Å². The monoisotopic (exact) mass is 226 g/mol. The van der Waals surface area contributed by atoms with E-state index >= 15 is 0 Å². The van der Waals surface area contributed by atoms with Gasteiger partial charge in [-0.2, -0.15) is 0 Å². The quantitative estimate of drug-likeness (QED) is 0.766. The van der Waals surface area contributed by atoms with E-state index in [9.17, 15) is 5.11 Å². The molecule has 1 heteroatoms. The summed E-state index contributed by atoms with van der Waals surface area (Å²) >= 11 is 0. The van der Waals surface area contributed by atoms with Crippen molar-refractivity contribution < 1.29 is 5.11 Å². The Morgan fingerprint density at radius 3 is 2.12 bits per heavy atom. The standard InChI is InChI=1S/C16H18O/c1-16(2,3)15-11-13(17)9-10-14(15)12-7-5-4-6-8-12/h4-11,17H,1-3H3. The highest BCUT2D eigenvalue weighted by atomic mass is 16.3. The van der Waals surface area contributed by atoms with Crippen LogP contribution < -0.4 is 0 Å². The Morgan fingerprint density at radius 1 is 0.882 bits per heavy atom. The molecule has 0 aromatic heterocycles. The fraction of sp³-hybridized carbons (Fsp3) is 0.250. The van der Waals surface area contributed by atoms with E-state index in [4.69, 9.17) is 0 Å². The molecule has 0 atom stereocenters. The fourth-order valence-corrected chi connectivity index (χ4v) is 2.02. The number of hydrogen-bond donors (Lipinski definition) is 1. The Kier molecular flexibility index (Phi) is 2.93. The topological polar surface area (TPSA) is 20.2 Å². The highest BCUT2D eigenvalue weighted by molar-refractivity contribution is 5.69. The van der Waals surface area contributed by atoms with Crippen molar-refractivity contribution in [1.29, 1.82) is 0 Å². The summed E-state index contributed by atoms with van der Waals surface area (Å²) in [7, 11) is 0. The summed E-state index contributed by atoms with van der Waals surface area (Å²) in [6.45, 7) is 6.48. The van der Waals surface area contributed by atoms with Gasteiger partial charge in [-0.15, -0.1) is 0 Å². The largest absolute Gasteiger partial charge is 0.508 e. The van der Waals surface area contributed by atoms with Gasteiger partial charge in [-0.3, -0.25) is 0 Å². The van der Waals surface area contributed by atoms with Crippen LogP contribution in [0.2, 0.25) is 0 Å². The molecule has 2 rings (SSSR count). The normalized spacial score (nSPS) is 11.5. The van der Waals surface area contributed by atoms with Gasteiger partial charge in [-0.25, -0.2) is 0 Å². The van der Waals surface area contributed by atoms with E-state index in [-0.39, 0.29) is 5.41 Å². The Hall–Kier alpha value is -1.76. The van der Waals surface area contributed by atoms with Crippen LogP contribution in [0.5, 0.6) is 5.75 Å². The fourth-order valence-electron chi connectivity index (χ4n) is 2.02. The molecule has 88 valence electrons. The smallest absolute Gasteiger partial charge is 0.115 e. The van der Waals surface area contributed by atoms with Crippen LogP contribution >= 0.6 is 0 Å². The summed E-state index contributed by atoms with van der Waals surface area (Å²) in [4.78, 5) is 0. The Bertz CT molecular complexity index is 507. The van der Waals surface area contributed by atoms with Gasteiger partial charge in [-0.05, 0) is 34.2 Å². The van der Waals surface area contributed by atoms with Crippen LogP contribution in [0, 0.1) is 0 Å². The molecule has 0 spiro atoms. The van der Waals surface area contributed by atoms with E-state index in [1.54, 1.807) is 6.07 Å². The van der Waals surface area contributed by atoms with E-state index < -0.39 is 0 Å².